The molecule has 0 spiro atoms. The molecule has 0 aliphatic heterocycles. The van der Waals surface area contributed by atoms with Crippen LogP contribution in [-0.2, 0) is 0 Å². The Morgan fingerprint density at radius 3 is 2.50 bits per heavy atom. The number of rotatable bonds is 4. The van der Waals surface area contributed by atoms with Crippen molar-refractivity contribution in [2.45, 2.75) is 26.1 Å². The Morgan fingerprint density at radius 1 is 1.29 bits per heavy atom. The molecule has 0 fully saturated rings. The molecule has 1 aromatic rings. The number of aliphatic hydroxyl groups excluding tert-OH is 2. The predicted octanol–water partition coefficient (Wildman–Crippen LogP) is 1.50. The fourth-order valence-electron chi connectivity index (χ4n) is 1.25. The van der Waals surface area contributed by atoms with Crippen LogP contribution >= 0.6 is 0 Å². The highest BCUT2D eigenvalue weighted by molar-refractivity contribution is 5.35. The molecule has 0 saturated heterocycles. The first kappa shape index (κ1) is 11.0. The second-order valence-corrected chi connectivity index (χ2v) is 3.45. The first-order chi connectivity index (χ1) is 6.65. The van der Waals surface area contributed by atoms with Crippen LogP contribution in [0.2, 0.25) is 0 Å². The van der Waals surface area contributed by atoms with E-state index in [0.29, 0.717) is 11.7 Å². The van der Waals surface area contributed by atoms with Gasteiger partial charge in [-0.25, -0.2) is 0 Å². The van der Waals surface area contributed by atoms with Crippen molar-refractivity contribution in [1.82, 2.24) is 0 Å². The van der Waals surface area contributed by atoms with Gasteiger partial charge in [0.15, 0.2) is 0 Å². The zero-order valence-electron chi connectivity index (χ0n) is 8.47. The lowest BCUT2D eigenvalue weighted by Crippen LogP contribution is -2.20. The van der Waals surface area contributed by atoms with Crippen molar-refractivity contribution in [3.8, 4) is 5.75 Å². The van der Waals surface area contributed by atoms with E-state index in [2.05, 4.69) is 0 Å². The van der Waals surface area contributed by atoms with Crippen LogP contribution in [0.1, 0.15) is 25.3 Å². The summed E-state index contributed by atoms with van der Waals surface area (Å²) in [6.07, 6.45) is -1.14. The molecule has 78 valence electrons. The molecular formula is C11H16O3. The van der Waals surface area contributed by atoms with Crippen LogP contribution in [0.15, 0.2) is 24.3 Å². The summed E-state index contributed by atoms with van der Waals surface area (Å²) in [5, 5.41) is 17.8. The summed E-state index contributed by atoms with van der Waals surface area (Å²) in [4.78, 5) is 0. The van der Waals surface area contributed by atoms with E-state index in [1.807, 2.05) is 32.0 Å². The van der Waals surface area contributed by atoms with Crippen LogP contribution < -0.4 is 4.74 Å². The minimum atomic E-state index is -1.14. The van der Waals surface area contributed by atoms with Gasteiger partial charge in [-0.2, -0.15) is 0 Å². The average Bonchev–Trinajstić information content (AvgIpc) is 2.18. The van der Waals surface area contributed by atoms with Crippen LogP contribution in [0.5, 0.6) is 5.75 Å². The number of hydrogen-bond donors (Lipinski definition) is 2. The summed E-state index contributed by atoms with van der Waals surface area (Å²) in [7, 11) is 0. The summed E-state index contributed by atoms with van der Waals surface area (Å²) < 4.78 is 5.16. The summed E-state index contributed by atoms with van der Waals surface area (Å²) in [6.45, 7) is 3.70. The molecule has 0 amide bonds. The third-order valence-electron chi connectivity index (χ3n) is 1.96. The van der Waals surface area contributed by atoms with Gasteiger partial charge in [-0.05, 0) is 17.5 Å². The molecule has 0 aliphatic rings. The van der Waals surface area contributed by atoms with Gasteiger partial charge in [-0.3, -0.25) is 0 Å². The molecule has 1 unspecified atom stereocenters. The second-order valence-electron chi connectivity index (χ2n) is 3.45. The van der Waals surface area contributed by atoms with Crippen molar-refractivity contribution < 1.29 is 14.9 Å². The fraction of sp³-hybridized carbons (Fsp3) is 0.455. The second kappa shape index (κ2) is 4.98. The summed E-state index contributed by atoms with van der Waals surface area (Å²) in [6, 6.07) is 7.50. The zero-order valence-corrected chi connectivity index (χ0v) is 8.47. The maximum absolute atomic E-state index is 9.15. The smallest absolute Gasteiger partial charge is 0.220 e. The van der Waals surface area contributed by atoms with Crippen LogP contribution in [0.4, 0.5) is 0 Å². The molecule has 3 heteroatoms. The SMILES string of the molecule is CC(C)c1ccccc1OC(O)CO. The van der Waals surface area contributed by atoms with Crippen molar-refractivity contribution in [3.63, 3.8) is 0 Å². The molecule has 2 N–H and O–H groups in total. The molecule has 0 aromatic heterocycles. The van der Waals surface area contributed by atoms with E-state index in [1.54, 1.807) is 6.07 Å². The predicted molar refractivity (Wildman–Crippen MR) is 54.3 cm³/mol. The van der Waals surface area contributed by atoms with Gasteiger partial charge in [0.05, 0.1) is 0 Å². The molecular weight excluding hydrogens is 180 g/mol. The Bertz CT molecular complexity index is 284. The van der Waals surface area contributed by atoms with Crippen molar-refractivity contribution in [1.29, 1.82) is 0 Å². The minimum absolute atomic E-state index is 0.331. The van der Waals surface area contributed by atoms with E-state index in [0.717, 1.165) is 5.56 Å². The van der Waals surface area contributed by atoms with Gasteiger partial charge in [0.2, 0.25) is 6.29 Å². The molecule has 3 nitrogen and oxygen atoms in total. The van der Waals surface area contributed by atoms with E-state index in [4.69, 9.17) is 14.9 Å². The van der Waals surface area contributed by atoms with E-state index in [1.165, 1.54) is 0 Å². The molecule has 0 bridgehead atoms. The molecule has 0 radical (unpaired) electrons. The van der Waals surface area contributed by atoms with Gasteiger partial charge in [0.25, 0.3) is 0 Å². The first-order valence-corrected chi connectivity index (χ1v) is 4.69. The number of ether oxygens (including phenoxy) is 1. The van der Waals surface area contributed by atoms with Crippen LogP contribution in [0.25, 0.3) is 0 Å². The number of benzene rings is 1. The maximum atomic E-state index is 9.15. The van der Waals surface area contributed by atoms with Gasteiger partial charge < -0.3 is 14.9 Å². The highest BCUT2D eigenvalue weighted by Gasteiger charge is 2.10. The third kappa shape index (κ3) is 2.72. The third-order valence-corrected chi connectivity index (χ3v) is 1.96. The topological polar surface area (TPSA) is 49.7 Å². The van der Waals surface area contributed by atoms with Gasteiger partial charge >= 0.3 is 0 Å². The van der Waals surface area contributed by atoms with Crippen LogP contribution in [-0.4, -0.2) is 23.1 Å². The Kier molecular flexibility index (Phi) is 3.92. The minimum Gasteiger partial charge on any atom is -0.462 e. The molecule has 0 saturated carbocycles. The largest absolute Gasteiger partial charge is 0.462 e. The molecule has 14 heavy (non-hydrogen) atoms. The quantitative estimate of drug-likeness (QED) is 0.717. The van der Waals surface area contributed by atoms with E-state index in [-0.39, 0.29) is 0 Å². The van der Waals surface area contributed by atoms with E-state index >= 15 is 0 Å². The van der Waals surface area contributed by atoms with E-state index in [9.17, 15) is 0 Å². The lowest BCUT2D eigenvalue weighted by atomic mass is 10.0. The number of hydrogen-bond acceptors (Lipinski definition) is 3. The van der Waals surface area contributed by atoms with Gasteiger partial charge in [0, 0.05) is 0 Å². The lowest BCUT2D eigenvalue weighted by Gasteiger charge is -2.16. The fourth-order valence-corrected chi connectivity index (χ4v) is 1.25. The van der Waals surface area contributed by atoms with Gasteiger partial charge in [-0.15, -0.1) is 0 Å². The molecule has 0 aliphatic carbocycles. The Morgan fingerprint density at radius 2 is 1.93 bits per heavy atom. The zero-order chi connectivity index (χ0) is 10.6. The van der Waals surface area contributed by atoms with Crippen molar-refractivity contribution in [3.05, 3.63) is 29.8 Å². The average molecular weight is 196 g/mol. The van der Waals surface area contributed by atoms with Crippen molar-refractivity contribution >= 4 is 0 Å². The molecule has 0 heterocycles. The Labute approximate surface area is 84.0 Å². The van der Waals surface area contributed by atoms with Crippen molar-refractivity contribution in [2.75, 3.05) is 6.61 Å². The normalized spacial score (nSPS) is 12.9. The Balaban J connectivity index is 2.84. The number of para-hydroxylation sites is 1. The molecule has 1 rings (SSSR count). The monoisotopic (exact) mass is 196 g/mol. The summed E-state index contributed by atoms with van der Waals surface area (Å²) in [5.41, 5.74) is 1.03. The van der Waals surface area contributed by atoms with Gasteiger partial charge in [-0.1, -0.05) is 32.0 Å². The van der Waals surface area contributed by atoms with Crippen LogP contribution in [0, 0.1) is 0 Å². The first-order valence-electron chi connectivity index (χ1n) is 4.69. The highest BCUT2D eigenvalue weighted by Crippen LogP contribution is 2.26. The van der Waals surface area contributed by atoms with Crippen molar-refractivity contribution in [2.24, 2.45) is 0 Å². The van der Waals surface area contributed by atoms with Crippen LogP contribution in [0.3, 0.4) is 0 Å². The Hall–Kier alpha value is -1.06. The molecule has 1 atom stereocenters. The van der Waals surface area contributed by atoms with Gasteiger partial charge in [0.1, 0.15) is 12.4 Å². The lowest BCUT2D eigenvalue weighted by molar-refractivity contribution is -0.0554. The standard InChI is InChI=1S/C11H16O3/c1-8(2)9-5-3-4-6-10(9)14-11(13)7-12/h3-6,8,11-13H,7H2,1-2H3. The maximum Gasteiger partial charge on any atom is 0.220 e. The highest BCUT2D eigenvalue weighted by atomic mass is 16.6. The molecule has 1 aromatic carbocycles. The van der Waals surface area contributed by atoms with E-state index < -0.39 is 12.9 Å². The summed E-state index contributed by atoms with van der Waals surface area (Å²) in [5.74, 6) is 0.959. The number of aliphatic hydroxyl groups is 2. The summed E-state index contributed by atoms with van der Waals surface area (Å²) >= 11 is 0.